The Morgan fingerprint density at radius 3 is 2.75 bits per heavy atom. The highest BCUT2D eigenvalue weighted by Crippen LogP contribution is 2.30. The third-order valence-electron chi connectivity index (χ3n) is 3.30. The SMILES string of the molecule is Cc1cc(CN)ccc1Oc1cccc2ncccc12. The topological polar surface area (TPSA) is 48.1 Å². The van der Waals surface area contributed by atoms with Crippen molar-refractivity contribution in [1.29, 1.82) is 0 Å². The summed E-state index contributed by atoms with van der Waals surface area (Å²) in [5, 5.41) is 1.01. The fraction of sp³-hybridized carbons (Fsp3) is 0.118. The number of pyridine rings is 1. The zero-order valence-electron chi connectivity index (χ0n) is 11.3. The van der Waals surface area contributed by atoms with Crippen LogP contribution >= 0.6 is 0 Å². The van der Waals surface area contributed by atoms with Crippen LogP contribution in [0.2, 0.25) is 0 Å². The Bertz CT molecular complexity index is 748. The first-order chi connectivity index (χ1) is 9.78. The summed E-state index contributed by atoms with van der Waals surface area (Å²) in [4.78, 5) is 4.34. The van der Waals surface area contributed by atoms with E-state index in [1.807, 2.05) is 49.4 Å². The van der Waals surface area contributed by atoms with Crippen LogP contribution in [0.5, 0.6) is 11.5 Å². The summed E-state index contributed by atoms with van der Waals surface area (Å²) >= 11 is 0. The van der Waals surface area contributed by atoms with E-state index in [0.717, 1.165) is 33.5 Å². The van der Waals surface area contributed by atoms with Crippen LogP contribution in [0.3, 0.4) is 0 Å². The predicted octanol–water partition coefficient (Wildman–Crippen LogP) is 3.79. The maximum absolute atomic E-state index is 6.04. The van der Waals surface area contributed by atoms with Crippen LogP contribution in [0.4, 0.5) is 0 Å². The van der Waals surface area contributed by atoms with Crippen LogP contribution in [0, 0.1) is 6.92 Å². The molecule has 3 heteroatoms. The second-order valence-corrected chi connectivity index (χ2v) is 4.73. The molecule has 0 bridgehead atoms. The summed E-state index contributed by atoms with van der Waals surface area (Å²) in [6.07, 6.45) is 1.79. The Hall–Kier alpha value is -2.39. The number of nitrogens with two attached hydrogens (primary N) is 1. The molecule has 1 aromatic heterocycles. The van der Waals surface area contributed by atoms with Gasteiger partial charge in [-0.25, -0.2) is 0 Å². The molecule has 100 valence electrons. The highest BCUT2D eigenvalue weighted by atomic mass is 16.5. The number of fused-ring (bicyclic) bond motifs is 1. The molecule has 3 rings (SSSR count). The van der Waals surface area contributed by atoms with E-state index in [1.54, 1.807) is 6.20 Å². The van der Waals surface area contributed by atoms with E-state index in [1.165, 1.54) is 0 Å². The molecule has 20 heavy (non-hydrogen) atoms. The zero-order valence-corrected chi connectivity index (χ0v) is 11.3. The number of nitrogens with zero attached hydrogens (tertiary/aromatic N) is 1. The lowest BCUT2D eigenvalue weighted by Gasteiger charge is -2.11. The molecule has 3 nitrogen and oxygen atoms in total. The van der Waals surface area contributed by atoms with Crippen LogP contribution in [-0.2, 0) is 6.54 Å². The molecule has 0 saturated carbocycles. The van der Waals surface area contributed by atoms with Crippen molar-refractivity contribution >= 4 is 10.9 Å². The Balaban J connectivity index is 2.01. The van der Waals surface area contributed by atoms with Crippen molar-refractivity contribution in [3.63, 3.8) is 0 Å². The number of ether oxygens (including phenoxy) is 1. The van der Waals surface area contributed by atoms with E-state index >= 15 is 0 Å². The molecule has 0 saturated heterocycles. The van der Waals surface area contributed by atoms with Gasteiger partial charge >= 0.3 is 0 Å². The van der Waals surface area contributed by atoms with Crippen LogP contribution in [-0.4, -0.2) is 4.98 Å². The predicted molar refractivity (Wildman–Crippen MR) is 80.9 cm³/mol. The summed E-state index contributed by atoms with van der Waals surface area (Å²) in [6.45, 7) is 2.57. The summed E-state index contributed by atoms with van der Waals surface area (Å²) < 4.78 is 6.04. The highest BCUT2D eigenvalue weighted by Gasteiger charge is 2.06. The summed E-state index contributed by atoms with van der Waals surface area (Å²) in [7, 11) is 0. The summed E-state index contributed by atoms with van der Waals surface area (Å²) in [5.41, 5.74) is 8.76. The van der Waals surface area contributed by atoms with Gasteiger partial charge in [0.2, 0.25) is 0 Å². The molecule has 0 amide bonds. The lowest BCUT2D eigenvalue weighted by atomic mass is 10.1. The molecule has 2 N–H and O–H groups in total. The largest absolute Gasteiger partial charge is 0.456 e. The first kappa shape index (κ1) is 12.6. The molecule has 0 atom stereocenters. The zero-order chi connectivity index (χ0) is 13.9. The van der Waals surface area contributed by atoms with E-state index in [2.05, 4.69) is 11.1 Å². The van der Waals surface area contributed by atoms with Crippen molar-refractivity contribution in [1.82, 2.24) is 4.98 Å². The number of hydrogen-bond donors (Lipinski definition) is 1. The van der Waals surface area contributed by atoms with Crippen molar-refractivity contribution in [3.05, 3.63) is 65.9 Å². The van der Waals surface area contributed by atoms with E-state index in [4.69, 9.17) is 10.5 Å². The minimum Gasteiger partial charge on any atom is -0.456 e. The monoisotopic (exact) mass is 264 g/mol. The van der Waals surface area contributed by atoms with Crippen molar-refractivity contribution in [2.24, 2.45) is 5.73 Å². The van der Waals surface area contributed by atoms with Gasteiger partial charge in [0.1, 0.15) is 11.5 Å². The fourth-order valence-electron chi connectivity index (χ4n) is 2.24. The van der Waals surface area contributed by atoms with E-state index in [9.17, 15) is 0 Å². The minimum absolute atomic E-state index is 0.541. The van der Waals surface area contributed by atoms with Crippen LogP contribution in [0.25, 0.3) is 10.9 Å². The molecule has 0 fully saturated rings. The molecule has 0 aliphatic heterocycles. The number of hydrogen-bond acceptors (Lipinski definition) is 3. The standard InChI is InChI=1S/C17H16N2O/c1-12-10-13(11-18)7-8-16(12)20-17-6-2-5-15-14(17)4-3-9-19-15/h2-10H,11,18H2,1H3. The van der Waals surface area contributed by atoms with Crippen molar-refractivity contribution < 1.29 is 4.74 Å². The molecule has 3 aromatic rings. The lowest BCUT2D eigenvalue weighted by Crippen LogP contribution is -1.97. The van der Waals surface area contributed by atoms with Gasteiger partial charge in [-0.15, -0.1) is 0 Å². The Labute approximate surface area is 118 Å². The van der Waals surface area contributed by atoms with Gasteiger partial charge in [0, 0.05) is 18.1 Å². The Morgan fingerprint density at radius 1 is 1.05 bits per heavy atom. The van der Waals surface area contributed by atoms with E-state index < -0.39 is 0 Å². The minimum atomic E-state index is 0.541. The van der Waals surface area contributed by atoms with Crippen LogP contribution in [0.1, 0.15) is 11.1 Å². The molecule has 2 aromatic carbocycles. The summed E-state index contributed by atoms with van der Waals surface area (Å²) in [5.74, 6) is 1.66. The van der Waals surface area contributed by atoms with Crippen LogP contribution in [0.15, 0.2) is 54.7 Å². The van der Waals surface area contributed by atoms with Crippen LogP contribution < -0.4 is 10.5 Å². The molecule has 0 aliphatic carbocycles. The van der Waals surface area contributed by atoms with Gasteiger partial charge in [-0.05, 0) is 48.4 Å². The average Bonchev–Trinajstić information content (AvgIpc) is 2.49. The van der Waals surface area contributed by atoms with Gasteiger partial charge in [0.15, 0.2) is 0 Å². The molecule has 0 spiro atoms. The summed E-state index contributed by atoms with van der Waals surface area (Å²) in [6, 6.07) is 15.8. The molecular weight excluding hydrogens is 248 g/mol. The van der Waals surface area contributed by atoms with E-state index in [-0.39, 0.29) is 0 Å². The first-order valence-electron chi connectivity index (χ1n) is 6.59. The second kappa shape index (κ2) is 5.31. The quantitative estimate of drug-likeness (QED) is 0.782. The third kappa shape index (κ3) is 2.36. The lowest BCUT2D eigenvalue weighted by molar-refractivity contribution is 0.484. The molecule has 0 aliphatic rings. The van der Waals surface area contributed by atoms with Gasteiger partial charge in [-0.3, -0.25) is 4.98 Å². The van der Waals surface area contributed by atoms with Crippen molar-refractivity contribution in [2.75, 3.05) is 0 Å². The number of aromatic nitrogens is 1. The molecule has 0 radical (unpaired) electrons. The Kier molecular flexibility index (Phi) is 3.35. The van der Waals surface area contributed by atoms with Crippen molar-refractivity contribution in [2.45, 2.75) is 13.5 Å². The second-order valence-electron chi connectivity index (χ2n) is 4.73. The third-order valence-corrected chi connectivity index (χ3v) is 3.30. The highest BCUT2D eigenvalue weighted by molar-refractivity contribution is 5.85. The normalized spacial score (nSPS) is 10.7. The Morgan fingerprint density at radius 2 is 1.95 bits per heavy atom. The average molecular weight is 264 g/mol. The van der Waals surface area contributed by atoms with Gasteiger partial charge < -0.3 is 10.5 Å². The number of benzene rings is 2. The maximum Gasteiger partial charge on any atom is 0.136 e. The van der Waals surface area contributed by atoms with Gasteiger partial charge in [0.05, 0.1) is 5.52 Å². The maximum atomic E-state index is 6.04. The smallest absolute Gasteiger partial charge is 0.136 e. The van der Waals surface area contributed by atoms with Gasteiger partial charge in [0.25, 0.3) is 0 Å². The fourth-order valence-corrected chi connectivity index (χ4v) is 2.24. The van der Waals surface area contributed by atoms with Gasteiger partial charge in [-0.1, -0.05) is 18.2 Å². The molecular formula is C17H16N2O. The van der Waals surface area contributed by atoms with E-state index in [0.29, 0.717) is 6.54 Å². The number of aryl methyl sites for hydroxylation is 1. The van der Waals surface area contributed by atoms with Crippen molar-refractivity contribution in [3.8, 4) is 11.5 Å². The molecule has 1 heterocycles. The number of rotatable bonds is 3. The first-order valence-corrected chi connectivity index (χ1v) is 6.59. The molecule has 0 unspecified atom stereocenters. The van der Waals surface area contributed by atoms with Gasteiger partial charge in [-0.2, -0.15) is 0 Å².